The molecule has 0 unspecified atom stereocenters. The predicted molar refractivity (Wildman–Crippen MR) is 213 cm³/mol. The molecule has 242 valence electrons. The van der Waals surface area contributed by atoms with Gasteiger partial charge in [0.15, 0.2) is 17.5 Å². The monoisotopic (exact) mass is 664 g/mol. The summed E-state index contributed by atoms with van der Waals surface area (Å²) in [5, 5.41) is 9.04. The summed E-state index contributed by atoms with van der Waals surface area (Å²) in [6.07, 6.45) is 0. The average molecular weight is 665 g/mol. The lowest BCUT2D eigenvalue weighted by Crippen LogP contribution is -2.00. The van der Waals surface area contributed by atoms with Crippen LogP contribution in [0.25, 0.3) is 105 Å². The van der Waals surface area contributed by atoms with E-state index in [2.05, 4.69) is 162 Å². The Morgan fingerprint density at radius 3 is 1.73 bits per heavy atom. The summed E-state index contributed by atoms with van der Waals surface area (Å²) in [4.78, 5) is 15.4. The van der Waals surface area contributed by atoms with Crippen LogP contribution in [0.1, 0.15) is 0 Å². The molecule has 0 fully saturated rings. The van der Waals surface area contributed by atoms with E-state index >= 15 is 0 Å². The third kappa shape index (κ3) is 4.53. The minimum absolute atomic E-state index is 0.624. The zero-order chi connectivity index (χ0) is 34.2. The van der Waals surface area contributed by atoms with Crippen LogP contribution >= 0.6 is 0 Å². The summed E-state index contributed by atoms with van der Waals surface area (Å²) in [6.45, 7) is 0. The van der Waals surface area contributed by atoms with Crippen molar-refractivity contribution in [3.63, 3.8) is 0 Å². The summed E-state index contributed by atoms with van der Waals surface area (Å²) in [7, 11) is 0. The van der Waals surface area contributed by atoms with Crippen LogP contribution in [-0.4, -0.2) is 19.5 Å². The number of nitrogens with zero attached hydrogens (tertiary/aromatic N) is 4. The zero-order valence-electron chi connectivity index (χ0n) is 27.9. The quantitative estimate of drug-likeness (QED) is 0.188. The topological polar surface area (TPSA) is 56.7 Å². The lowest BCUT2D eigenvalue weighted by molar-refractivity contribution is 0.669. The van der Waals surface area contributed by atoms with Gasteiger partial charge in [-0.3, -0.25) is 0 Å². The van der Waals surface area contributed by atoms with Gasteiger partial charge in [0.25, 0.3) is 0 Å². The first-order valence-electron chi connectivity index (χ1n) is 17.4. The highest BCUT2D eigenvalue weighted by atomic mass is 16.3. The van der Waals surface area contributed by atoms with Gasteiger partial charge in [-0.15, -0.1) is 0 Å². The first kappa shape index (κ1) is 28.7. The molecule has 0 amide bonds. The molecule has 0 saturated carbocycles. The van der Waals surface area contributed by atoms with Gasteiger partial charge in [-0.25, -0.2) is 15.0 Å². The fourth-order valence-corrected chi connectivity index (χ4v) is 7.67. The minimum atomic E-state index is 0.624. The summed E-state index contributed by atoms with van der Waals surface area (Å²) in [5.41, 5.74) is 7.98. The second-order valence-corrected chi connectivity index (χ2v) is 13.3. The van der Waals surface area contributed by atoms with Crippen LogP contribution in [0.3, 0.4) is 0 Å². The molecular formula is C47H28N4O. The van der Waals surface area contributed by atoms with Crippen LogP contribution in [0.5, 0.6) is 0 Å². The number of para-hydroxylation sites is 3. The van der Waals surface area contributed by atoms with Crippen molar-refractivity contribution in [1.29, 1.82) is 0 Å². The Morgan fingerprint density at radius 1 is 0.346 bits per heavy atom. The van der Waals surface area contributed by atoms with Crippen LogP contribution in [-0.2, 0) is 0 Å². The molecule has 3 heterocycles. The van der Waals surface area contributed by atoms with E-state index < -0.39 is 0 Å². The first-order chi connectivity index (χ1) is 25.7. The molecule has 0 atom stereocenters. The van der Waals surface area contributed by atoms with E-state index in [1.807, 2.05) is 12.1 Å². The van der Waals surface area contributed by atoms with E-state index in [1.54, 1.807) is 0 Å². The molecule has 52 heavy (non-hydrogen) atoms. The fourth-order valence-electron chi connectivity index (χ4n) is 7.67. The van der Waals surface area contributed by atoms with Crippen molar-refractivity contribution in [2.45, 2.75) is 0 Å². The number of fused-ring (bicyclic) bond motifs is 8. The molecular weight excluding hydrogens is 637 g/mol. The number of hydrogen-bond donors (Lipinski definition) is 0. The molecule has 5 nitrogen and oxygen atoms in total. The number of hydrogen-bond acceptors (Lipinski definition) is 4. The van der Waals surface area contributed by atoms with Crippen molar-refractivity contribution in [2.24, 2.45) is 0 Å². The fraction of sp³-hybridized carbons (Fsp3) is 0. The van der Waals surface area contributed by atoms with Gasteiger partial charge in [0.1, 0.15) is 11.2 Å². The SMILES string of the molecule is c1ccc(-n2c3ccccc3c3cc(-c4nc(-c5ccc6ccccc6c5)nc(-c5ccc6cc7oc8ccccc8c7cc6c5)n4)ccc32)cc1. The molecule has 0 N–H and O–H groups in total. The van der Waals surface area contributed by atoms with Crippen molar-refractivity contribution in [3.05, 3.63) is 170 Å². The van der Waals surface area contributed by atoms with Gasteiger partial charge in [-0.2, -0.15) is 0 Å². The molecule has 0 aliphatic rings. The normalized spacial score (nSPS) is 11.8. The average Bonchev–Trinajstić information content (AvgIpc) is 3.74. The van der Waals surface area contributed by atoms with Crippen molar-refractivity contribution in [1.82, 2.24) is 19.5 Å². The Balaban J connectivity index is 1.12. The molecule has 8 aromatic carbocycles. The molecule has 0 saturated heterocycles. The Labute approximate surface area is 298 Å². The van der Waals surface area contributed by atoms with Crippen LogP contribution in [0.2, 0.25) is 0 Å². The summed E-state index contributed by atoms with van der Waals surface area (Å²) < 4.78 is 8.51. The van der Waals surface area contributed by atoms with E-state index in [1.165, 1.54) is 10.8 Å². The third-order valence-corrected chi connectivity index (χ3v) is 10.2. The smallest absolute Gasteiger partial charge is 0.164 e. The Kier molecular flexibility index (Phi) is 6.18. The Morgan fingerprint density at radius 2 is 0.923 bits per heavy atom. The highest BCUT2D eigenvalue weighted by Crippen LogP contribution is 2.37. The molecule has 0 radical (unpaired) electrons. The van der Waals surface area contributed by atoms with E-state index in [0.717, 1.165) is 76.9 Å². The lowest BCUT2D eigenvalue weighted by Gasteiger charge is -2.11. The van der Waals surface area contributed by atoms with Gasteiger partial charge in [-0.05, 0) is 88.3 Å². The van der Waals surface area contributed by atoms with Gasteiger partial charge in [-0.1, -0.05) is 103 Å². The maximum Gasteiger partial charge on any atom is 0.164 e. The molecule has 0 aliphatic carbocycles. The molecule has 0 bridgehead atoms. The second kappa shape index (κ2) is 11.2. The van der Waals surface area contributed by atoms with Crippen LogP contribution in [0, 0.1) is 0 Å². The van der Waals surface area contributed by atoms with E-state index in [4.69, 9.17) is 19.4 Å². The Bertz CT molecular complexity index is 3190. The van der Waals surface area contributed by atoms with E-state index in [0.29, 0.717) is 17.5 Å². The minimum Gasteiger partial charge on any atom is -0.456 e. The van der Waals surface area contributed by atoms with Gasteiger partial charge in [0, 0.05) is 43.9 Å². The van der Waals surface area contributed by atoms with Crippen LogP contribution in [0.4, 0.5) is 0 Å². The highest BCUT2D eigenvalue weighted by molar-refractivity contribution is 6.11. The maximum atomic E-state index is 6.18. The van der Waals surface area contributed by atoms with E-state index in [9.17, 15) is 0 Å². The van der Waals surface area contributed by atoms with Gasteiger partial charge >= 0.3 is 0 Å². The highest BCUT2D eigenvalue weighted by Gasteiger charge is 2.17. The van der Waals surface area contributed by atoms with Gasteiger partial charge < -0.3 is 8.98 Å². The lowest BCUT2D eigenvalue weighted by atomic mass is 10.0. The van der Waals surface area contributed by atoms with Crippen LogP contribution in [0.15, 0.2) is 174 Å². The molecule has 0 spiro atoms. The van der Waals surface area contributed by atoms with Crippen molar-refractivity contribution >= 4 is 65.3 Å². The van der Waals surface area contributed by atoms with Crippen molar-refractivity contribution < 1.29 is 4.42 Å². The second-order valence-electron chi connectivity index (χ2n) is 13.3. The molecule has 5 heteroatoms. The Hall–Kier alpha value is -7.11. The number of benzene rings is 8. The molecule has 11 aromatic rings. The largest absolute Gasteiger partial charge is 0.456 e. The molecule has 3 aromatic heterocycles. The van der Waals surface area contributed by atoms with Crippen molar-refractivity contribution in [3.8, 4) is 39.9 Å². The first-order valence-corrected chi connectivity index (χ1v) is 17.4. The number of furan rings is 1. The van der Waals surface area contributed by atoms with Gasteiger partial charge in [0.2, 0.25) is 0 Å². The third-order valence-electron chi connectivity index (χ3n) is 10.2. The van der Waals surface area contributed by atoms with Crippen molar-refractivity contribution in [2.75, 3.05) is 0 Å². The predicted octanol–water partition coefficient (Wildman–Crippen LogP) is 12.2. The van der Waals surface area contributed by atoms with Crippen LogP contribution < -0.4 is 0 Å². The van der Waals surface area contributed by atoms with E-state index in [-0.39, 0.29) is 0 Å². The standard InChI is InChI=1S/C47H28N4O/c1-2-12-36(13-3-1)51-41-16-8-6-14-37(41)39-26-34(22-23-42(39)51)47-49-45(32-20-18-29-10-4-5-11-30(29)24-32)48-46(50-47)33-21-19-31-28-44-40(27-35(31)25-33)38-15-7-9-17-43(38)52-44/h1-28H. The zero-order valence-corrected chi connectivity index (χ0v) is 27.9. The summed E-state index contributed by atoms with van der Waals surface area (Å²) >= 11 is 0. The number of rotatable bonds is 4. The summed E-state index contributed by atoms with van der Waals surface area (Å²) in [6, 6.07) is 59.3. The maximum absolute atomic E-state index is 6.18. The van der Waals surface area contributed by atoms with Gasteiger partial charge in [0.05, 0.1) is 11.0 Å². The summed E-state index contributed by atoms with van der Waals surface area (Å²) in [5.74, 6) is 1.89. The molecule has 11 rings (SSSR count). The number of aromatic nitrogens is 4. The molecule has 0 aliphatic heterocycles.